The molecule has 0 amide bonds. The number of nitrogens with zero attached hydrogens (tertiary/aromatic N) is 3. The summed E-state index contributed by atoms with van der Waals surface area (Å²) < 4.78 is 0. The van der Waals surface area contributed by atoms with Gasteiger partial charge in [-0.3, -0.25) is 0 Å². The van der Waals surface area contributed by atoms with Crippen LogP contribution in [0.5, 0.6) is 5.75 Å². The predicted molar refractivity (Wildman–Crippen MR) is 76.5 cm³/mol. The second-order valence-electron chi connectivity index (χ2n) is 4.07. The van der Waals surface area contributed by atoms with Gasteiger partial charge in [0, 0.05) is 16.5 Å². The molecule has 0 aliphatic heterocycles. The molecule has 3 rings (SSSR count). The molecular formula is C15H9N3OS. The monoisotopic (exact) mass is 279 g/mol. The Kier molecular flexibility index (Phi) is 3.23. The molecule has 0 saturated carbocycles. The van der Waals surface area contributed by atoms with Crippen molar-refractivity contribution in [1.29, 1.82) is 5.26 Å². The quantitative estimate of drug-likeness (QED) is 0.728. The van der Waals surface area contributed by atoms with Crippen LogP contribution in [0.3, 0.4) is 0 Å². The number of hydrogen-bond acceptors (Lipinski definition) is 5. The van der Waals surface area contributed by atoms with E-state index in [0.29, 0.717) is 10.9 Å². The number of aromatic hydroxyl groups is 1. The van der Waals surface area contributed by atoms with Gasteiger partial charge in [0.1, 0.15) is 17.5 Å². The fourth-order valence-corrected chi connectivity index (χ4v) is 2.77. The van der Waals surface area contributed by atoms with Crippen molar-refractivity contribution >= 4 is 22.5 Å². The van der Waals surface area contributed by atoms with Crippen molar-refractivity contribution in [2.45, 2.75) is 10.1 Å². The van der Waals surface area contributed by atoms with Gasteiger partial charge < -0.3 is 5.11 Å². The van der Waals surface area contributed by atoms with Crippen molar-refractivity contribution in [3.8, 4) is 11.8 Å². The molecule has 0 aliphatic carbocycles. The maximum Gasteiger partial charge on any atom is 0.193 e. The Hall–Kier alpha value is -2.58. The second-order valence-corrected chi connectivity index (χ2v) is 5.08. The number of nitriles is 1. The minimum Gasteiger partial charge on any atom is -0.507 e. The van der Waals surface area contributed by atoms with Crippen LogP contribution in [0.1, 0.15) is 5.69 Å². The Labute approximate surface area is 119 Å². The molecule has 4 nitrogen and oxygen atoms in total. The van der Waals surface area contributed by atoms with E-state index in [0.717, 1.165) is 15.7 Å². The summed E-state index contributed by atoms with van der Waals surface area (Å²) in [6.45, 7) is 0. The first-order chi connectivity index (χ1) is 9.78. The van der Waals surface area contributed by atoms with Gasteiger partial charge in [-0.1, -0.05) is 24.3 Å². The molecule has 1 heterocycles. The lowest BCUT2D eigenvalue weighted by molar-refractivity contribution is 0.481. The van der Waals surface area contributed by atoms with Crippen molar-refractivity contribution in [3.05, 3.63) is 54.4 Å². The molecule has 1 N–H and O–H groups in total. The molecule has 3 aromatic rings. The zero-order valence-corrected chi connectivity index (χ0v) is 11.1. The SMILES string of the molecule is N#Cc1ccnc(Sc2ccc(O)c3ccccc23)n1. The molecule has 0 fully saturated rings. The average Bonchev–Trinajstić information content (AvgIpc) is 2.51. The first-order valence-corrected chi connectivity index (χ1v) is 6.71. The highest BCUT2D eigenvalue weighted by Crippen LogP contribution is 2.35. The first kappa shape index (κ1) is 12.5. The van der Waals surface area contributed by atoms with E-state index < -0.39 is 0 Å². The van der Waals surface area contributed by atoms with E-state index in [9.17, 15) is 5.11 Å². The molecule has 0 spiro atoms. The molecule has 5 heteroatoms. The molecule has 2 aromatic carbocycles. The van der Waals surface area contributed by atoms with Crippen molar-refractivity contribution < 1.29 is 5.11 Å². The highest BCUT2D eigenvalue weighted by Gasteiger charge is 2.08. The van der Waals surface area contributed by atoms with E-state index in [1.54, 1.807) is 18.3 Å². The number of fused-ring (bicyclic) bond motifs is 1. The number of phenolic OH excluding ortho intramolecular Hbond substituents is 1. The lowest BCUT2D eigenvalue weighted by Gasteiger charge is -2.06. The van der Waals surface area contributed by atoms with Gasteiger partial charge in [-0.2, -0.15) is 5.26 Å². The van der Waals surface area contributed by atoms with Crippen LogP contribution >= 0.6 is 11.8 Å². The summed E-state index contributed by atoms with van der Waals surface area (Å²) >= 11 is 1.37. The minimum atomic E-state index is 0.247. The summed E-state index contributed by atoms with van der Waals surface area (Å²) in [5, 5.41) is 20.9. The van der Waals surface area contributed by atoms with E-state index in [4.69, 9.17) is 5.26 Å². The van der Waals surface area contributed by atoms with Crippen molar-refractivity contribution in [3.63, 3.8) is 0 Å². The fourth-order valence-electron chi connectivity index (χ4n) is 1.90. The molecule has 0 saturated heterocycles. The average molecular weight is 279 g/mol. The van der Waals surface area contributed by atoms with Gasteiger partial charge in [0.25, 0.3) is 0 Å². The van der Waals surface area contributed by atoms with E-state index in [2.05, 4.69) is 9.97 Å². The number of aromatic nitrogens is 2. The van der Waals surface area contributed by atoms with Crippen LogP contribution in [0.25, 0.3) is 10.8 Å². The maximum atomic E-state index is 9.86. The van der Waals surface area contributed by atoms with E-state index in [1.807, 2.05) is 36.4 Å². The third kappa shape index (κ3) is 2.29. The summed E-state index contributed by atoms with van der Waals surface area (Å²) in [6, 6.07) is 14.6. The number of hydrogen-bond donors (Lipinski definition) is 1. The summed E-state index contributed by atoms with van der Waals surface area (Å²) in [5.41, 5.74) is 0.339. The van der Waals surface area contributed by atoms with Gasteiger partial charge in [-0.15, -0.1) is 0 Å². The summed E-state index contributed by atoms with van der Waals surface area (Å²) in [5.74, 6) is 0.247. The molecule has 0 unspecified atom stereocenters. The summed E-state index contributed by atoms with van der Waals surface area (Å²) in [4.78, 5) is 9.23. The lowest BCUT2D eigenvalue weighted by atomic mass is 10.1. The van der Waals surface area contributed by atoms with Crippen molar-refractivity contribution in [2.24, 2.45) is 0 Å². The molecule has 0 radical (unpaired) electrons. The Balaban J connectivity index is 2.07. The van der Waals surface area contributed by atoms with Gasteiger partial charge >= 0.3 is 0 Å². The minimum absolute atomic E-state index is 0.247. The Morgan fingerprint density at radius 3 is 2.65 bits per heavy atom. The van der Waals surface area contributed by atoms with Gasteiger partial charge in [0.2, 0.25) is 0 Å². The van der Waals surface area contributed by atoms with Crippen LogP contribution in [0.4, 0.5) is 0 Å². The lowest BCUT2D eigenvalue weighted by Crippen LogP contribution is -1.89. The van der Waals surface area contributed by atoms with Gasteiger partial charge in [0.15, 0.2) is 5.16 Å². The zero-order valence-electron chi connectivity index (χ0n) is 10.3. The van der Waals surface area contributed by atoms with Crippen LogP contribution in [0.15, 0.2) is 58.7 Å². The Bertz CT molecular complexity index is 827. The standard InChI is InChI=1S/C15H9N3OS/c16-9-10-7-8-17-15(18-10)20-14-6-5-13(19)11-3-1-2-4-12(11)14/h1-8,19H. The molecular weight excluding hydrogens is 270 g/mol. The molecule has 96 valence electrons. The smallest absolute Gasteiger partial charge is 0.193 e. The second kappa shape index (κ2) is 5.19. The number of rotatable bonds is 2. The maximum absolute atomic E-state index is 9.86. The highest BCUT2D eigenvalue weighted by molar-refractivity contribution is 7.99. The third-order valence-electron chi connectivity index (χ3n) is 2.81. The molecule has 0 aliphatic rings. The zero-order chi connectivity index (χ0) is 13.9. The van der Waals surface area contributed by atoms with Crippen molar-refractivity contribution in [2.75, 3.05) is 0 Å². The van der Waals surface area contributed by atoms with Crippen LogP contribution in [0, 0.1) is 11.3 Å². The van der Waals surface area contributed by atoms with Gasteiger partial charge in [-0.25, -0.2) is 9.97 Å². The summed E-state index contributed by atoms with van der Waals surface area (Å²) in [6.07, 6.45) is 1.57. The van der Waals surface area contributed by atoms with E-state index >= 15 is 0 Å². The van der Waals surface area contributed by atoms with Crippen LogP contribution < -0.4 is 0 Å². The normalized spacial score (nSPS) is 10.3. The van der Waals surface area contributed by atoms with Crippen LogP contribution in [0.2, 0.25) is 0 Å². The number of phenols is 1. The molecule has 0 atom stereocenters. The summed E-state index contributed by atoms with van der Waals surface area (Å²) in [7, 11) is 0. The fraction of sp³-hybridized carbons (Fsp3) is 0. The van der Waals surface area contributed by atoms with Crippen LogP contribution in [-0.4, -0.2) is 15.1 Å². The highest BCUT2D eigenvalue weighted by atomic mass is 32.2. The molecule has 0 bridgehead atoms. The Morgan fingerprint density at radius 2 is 1.85 bits per heavy atom. The van der Waals surface area contributed by atoms with E-state index in [-0.39, 0.29) is 5.75 Å². The van der Waals surface area contributed by atoms with Gasteiger partial charge in [-0.05, 0) is 35.3 Å². The Morgan fingerprint density at radius 1 is 1.05 bits per heavy atom. The molecule has 1 aromatic heterocycles. The largest absolute Gasteiger partial charge is 0.507 e. The third-order valence-corrected chi connectivity index (χ3v) is 3.77. The van der Waals surface area contributed by atoms with Crippen LogP contribution in [-0.2, 0) is 0 Å². The van der Waals surface area contributed by atoms with Gasteiger partial charge in [0.05, 0.1) is 0 Å². The van der Waals surface area contributed by atoms with Crippen molar-refractivity contribution in [1.82, 2.24) is 9.97 Å². The predicted octanol–water partition coefficient (Wildman–Crippen LogP) is 3.36. The number of benzene rings is 2. The molecule has 20 heavy (non-hydrogen) atoms. The topological polar surface area (TPSA) is 69.8 Å². The first-order valence-electron chi connectivity index (χ1n) is 5.89. The van der Waals surface area contributed by atoms with E-state index in [1.165, 1.54) is 11.8 Å².